The maximum absolute atomic E-state index is 12.3. The van der Waals surface area contributed by atoms with Gasteiger partial charge in [0.2, 0.25) is 0 Å². The lowest BCUT2D eigenvalue weighted by molar-refractivity contribution is -0.112. The lowest BCUT2D eigenvalue weighted by Crippen LogP contribution is -2.13. The quantitative estimate of drug-likeness (QED) is 0.596. The number of aryl methyl sites for hydroxylation is 1. The van der Waals surface area contributed by atoms with Crippen LogP contribution in [0.25, 0.3) is 6.08 Å². The van der Waals surface area contributed by atoms with E-state index in [0.717, 1.165) is 12.0 Å². The number of ether oxygens (including phenoxy) is 2. The van der Waals surface area contributed by atoms with Crippen molar-refractivity contribution in [1.29, 1.82) is 5.26 Å². The van der Waals surface area contributed by atoms with Crippen LogP contribution in [0.2, 0.25) is 0 Å². The van der Waals surface area contributed by atoms with Crippen LogP contribution in [0.1, 0.15) is 24.5 Å². The molecule has 0 aliphatic rings. The highest BCUT2D eigenvalue weighted by Crippen LogP contribution is 2.29. The van der Waals surface area contributed by atoms with Crippen LogP contribution in [0.4, 0.5) is 5.69 Å². The van der Waals surface area contributed by atoms with Crippen molar-refractivity contribution in [2.75, 3.05) is 19.0 Å². The SMILES string of the molecule is CCCOc1ccc(/C=C(\C#N)C(=O)Nc2ccc(C)cc2)cc1OC. The molecule has 0 heterocycles. The van der Waals surface area contributed by atoms with Crippen molar-refractivity contribution in [3.05, 3.63) is 59.2 Å². The third-order valence-electron chi connectivity index (χ3n) is 3.63. The van der Waals surface area contributed by atoms with Crippen LogP contribution in [0.3, 0.4) is 0 Å². The Bertz CT molecular complexity index is 833. The second kappa shape index (κ2) is 9.28. The van der Waals surface area contributed by atoms with Crippen molar-refractivity contribution in [2.24, 2.45) is 0 Å². The van der Waals surface area contributed by atoms with E-state index in [2.05, 4.69) is 5.32 Å². The van der Waals surface area contributed by atoms with Gasteiger partial charge >= 0.3 is 0 Å². The predicted molar refractivity (Wildman–Crippen MR) is 102 cm³/mol. The van der Waals surface area contributed by atoms with E-state index in [0.29, 0.717) is 29.4 Å². The number of carbonyl (C=O) groups excluding carboxylic acids is 1. The zero-order chi connectivity index (χ0) is 18.9. The average molecular weight is 350 g/mol. The first kappa shape index (κ1) is 19.1. The number of carbonyl (C=O) groups is 1. The Morgan fingerprint density at radius 3 is 2.54 bits per heavy atom. The molecule has 0 aliphatic carbocycles. The summed E-state index contributed by atoms with van der Waals surface area (Å²) < 4.78 is 10.9. The number of methoxy groups -OCH3 is 1. The van der Waals surface area contributed by atoms with Crippen molar-refractivity contribution in [1.82, 2.24) is 0 Å². The minimum Gasteiger partial charge on any atom is -0.493 e. The predicted octanol–water partition coefficient (Wildman–Crippen LogP) is 4.34. The number of hydrogen-bond acceptors (Lipinski definition) is 4. The summed E-state index contributed by atoms with van der Waals surface area (Å²) in [6, 6.07) is 14.6. The van der Waals surface area contributed by atoms with E-state index < -0.39 is 5.91 Å². The van der Waals surface area contributed by atoms with Crippen molar-refractivity contribution < 1.29 is 14.3 Å². The fourth-order valence-corrected chi connectivity index (χ4v) is 2.26. The first-order chi connectivity index (χ1) is 12.6. The van der Waals surface area contributed by atoms with Crippen LogP contribution in [-0.2, 0) is 4.79 Å². The molecule has 2 rings (SSSR count). The molecule has 0 saturated carbocycles. The number of hydrogen-bond donors (Lipinski definition) is 1. The van der Waals surface area contributed by atoms with E-state index in [4.69, 9.17) is 9.47 Å². The van der Waals surface area contributed by atoms with Gasteiger partial charge in [-0.1, -0.05) is 30.7 Å². The molecule has 0 saturated heterocycles. The summed E-state index contributed by atoms with van der Waals surface area (Å²) in [6.45, 7) is 4.58. The molecule has 0 aromatic heterocycles. The molecule has 0 atom stereocenters. The van der Waals surface area contributed by atoms with Crippen LogP contribution in [0.15, 0.2) is 48.0 Å². The topological polar surface area (TPSA) is 71.3 Å². The summed E-state index contributed by atoms with van der Waals surface area (Å²) in [5.74, 6) is 0.735. The third kappa shape index (κ3) is 5.12. The summed E-state index contributed by atoms with van der Waals surface area (Å²) in [5, 5.41) is 12.1. The van der Waals surface area contributed by atoms with Crippen LogP contribution in [-0.4, -0.2) is 19.6 Å². The molecular formula is C21H22N2O3. The molecule has 1 N–H and O–H groups in total. The van der Waals surface area contributed by atoms with Gasteiger partial charge in [0.15, 0.2) is 11.5 Å². The first-order valence-corrected chi connectivity index (χ1v) is 8.38. The zero-order valence-electron chi connectivity index (χ0n) is 15.2. The van der Waals surface area contributed by atoms with Gasteiger partial charge in [-0.25, -0.2) is 0 Å². The van der Waals surface area contributed by atoms with Crippen LogP contribution in [0, 0.1) is 18.3 Å². The van der Waals surface area contributed by atoms with Gasteiger partial charge in [0, 0.05) is 5.69 Å². The number of benzene rings is 2. The Balaban J connectivity index is 2.20. The molecule has 134 valence electrons. The molecule has 0 bridgehead atoms. The normalized spacial score (nSPS) is 10.8. The molecule has 2 aromatic rings. The van der Waals surface area contributed by atoms with E-state index >= 15 is 0 Å². The van der Waals surface area contributed by atoms with Crippen molar-refractivity contribution in [3.8, 4) is 17.6 Å². The van der Waals surface area contributed by atoms with Gasteiger partial charge in [-0.15, -0.1) is 0 Å². The summed E-state index contributed by atoms with van der Waals surface area (Å²) in [7, 11) is 1.55. The maximum atomic E-state index is 12.3. The third-order valence-corrected chi connectivity index (χ3v) is 3.63. The summed E-state index contributed by atoms with van der Waals surface area (Å²) >= 11 is 0. The summed E-state index contributed by atoms with van der Waals surface area (Å²) in [6.07, 6.45) is 2.41. The van der Waals surface area contributed by atoms with Gasteiger partial charge in [0.25, 0.3) is 5.91 Å². The standard InChI is InChI=1S/C21H22N2O3/c1-4-11-26-19-10-7-16(13-20(19)25-3)12-17(14-22)21(24)23-18-8-5-15(2)6-9-18/h5-10,12-13H,4,11H2,1-3H3,(H,23,24)/b17-12+. The van der Waals surface area contributed by atoms with Crippen molar-refractivity contribution in [2.45, 2.75) is 20.3 Å². The fraction of sp³-hybridized carbons (Fsp3) is 0.238. The molecular weight excluding hydrogens is 328 g/mol. The van der Waals surface area contributed by atoms with E-state index in [1.807, 2.05) is 32.0 Å². The lowest BCUT2D eigenvalue weighted by atomic mass is 10.1. The molecule has 0 unspecified atom stereocenters. The Morgan fingerprint density at radius 2 is 1.92 bits per heavy atom. The Morgan fingerprint density at radius 1 is 1.19 bits per heavy atom. The largest absolute Gasteiger partial charge is 0.493 e. The molecule has 0 aliphatic heterocycles. The maximum Gasteiger partial charge on any atom is 0.266 e. The minimum atomic E-state index is -0.457. The highest BCUT2D eigenvalue weighted by atomic mass is 16.5. The van der Waals surface area contributed by atoms with Crippen molar-refractivity contribution >= 4 is 17.7 Å². The lowest BCUT2D eigenvalue weighted by Gasteiger charge is -2.10. The molecule has 5 heteroatoms. The van der Waals surface area contributed by atoms with Gasteiger partial charge in [-0.05, 0) is 49.2 Å². The van der Waals surface area contributed by atoms with E-state index in [9.17, 15) is 10.1 Å². The summed E-state index contributed by atoms with van der Waals surface area (Å²) in [5.41, 5.74) is 2.43. The van der Waals surface area contributed by atoms with Gasteiger partial charge < -0.3 is 14.8 Å². The van der Waals surface area contributed by atoms with Gasteiger partial charge in [0.1, 0.15) is 11.6 Å². The van der Waals surface area contributed by atoms with Gasteiger partial charge in [0.05, 0.1) is 13.7 Å². The fourth-order valence-electron chi connectivity index (χ4n) is 2.26. The number of nitrogens with zero attached hydrogens (tertiary/aromatic N) is 1. The zero-order valence-corrected chi connectivity index (χ0v) is 15.2. The van der Waals surface area contributed by atoms with Crippen LogP contribution in [0.5, 0.6) is 11.5 Å². The van der Waals surface area contributed by atoms with Crippen molar-refractivity contribution in [3.63, 3.8) is 0 Å². The average Bonchev–Trinajstić information content (AvgIpc) is 2.66. The molecule has 0 fully saturated rings. The van der Waals surface area contributed by atoms with Gasteiger partial charge in [-0.2, -0.15) is 5.26 Å². The molecule has 5 nitrogen and oxygen atoms in total. The molecule has 0 spiro atoms. The van der Waals surface area contributed by atoms with E-state index in [1.54, 1.807) is 37.4 Å². The minimum absolute atomic E-state index is 0.00912. The number of amides is 1. The Hall–Kier alpha value is -3.26. The number of rotatable bonds is 7. The molecule has 26 heavy (non-hydrogen) atoms. The van der Waals surface area contributed by atoms with E-state index in [-0.39, 0.29) is 5.57 Å². The first-order valence-electron chi connectivity index (χ1n) is 8.38. The van der Waals surface area contributed by atoms with Crippen LogP contribution >= 0.6 is 0 Å². The van der Waals surface area contributed by atoms with Gasteiger partial charge in [-0.3, -0.25) is 4.79 Å². The number of nitriles is 1. The summed E-state index contributed by atoms with van der Waals surface area (Å²) in [4.78, 5) is 12.3. The molecule has 1 amide bonds. The molecule has 2 aromatic carbocycles. The Labute approximate surface area is 153 Å². The number of nitrogens with one attached hydrogen (secondary N) is 1. The highest BCUT2D eigenvalue weighted by Gasteiger charge is 2.11. The molecule has 0 radical (unpaired) electrons. The monoisotopic (exact) mass is 350 g/mol. The van der Waals surface area contributed by atoms with Crippen LogP contribution < -0.4 is 14.8 Å². The second-order valence-corrected chi connectivity index (χ2v) is 5.75. The smallest absolute Gasteiger partial charge is 0.266 e. The number of anilines is 1. The second-order valence-electron chi connectivity index (χ2n) is 5.75. The highest BCUT2D eigenvalue weighted by molar-refractivity contribution is 6.09. The van der Waals surface area contributed by atoms with E-state index in [1.165, 1.54) is 6.08 Å². The Kier molecular flexibility index (Phi) is 6.81.